The average molecular weight is 353 g/mol. The van der Waals surface area contributed by atoms with Gasteiger partial charge in [-0.3, -0.25) is 10.7 Å². The summed E-state index contributed by atoms with van der Waals surface area (Å²) in [6.45, 7) is 6.26. The molecular formula is C20H27N5O. The zero-order valence-electron chi connectivity index (χ0n) is 15.4. The van der Waals surface area contributed by atoms with Gasteiger partial charge in [0, 0.05) is 31.5 Å². The van der Waals surface area contributed by atoms with Crippen molar-refractivity contribution in [1.82, 2.24) is 4.98 Å². The second-order valence-corrected chi connectivity index (χ2v) is 7.44. The molecule has 0 bridgehead atoms. The van der Waals surface area contributed by atoms with E-state index < -0.39 is 6.23 Å². The maximum Gasteiger partial charge on any atom is 0.169 e. The van der Waals surface area contributed by atoms with Gasteiger partial charge in [-0.15, -0.1) is 0 Å². The maximum atomic E-state index is 6.29. The Morgan fingerprint density at radius 2 is 2.12 bits per heavy atom. The molecule has 1 aromatic heterocycles. The van der Waals surface area contributed by atoms with E-state index in [1.165, 1.54) is 5.57 Å². The van der Waals surface area contributed by atoms with Gasteiger partial charge < -0.3 is 20.3 Å². The highest BCUT2D eigenvalue weighted by atomic mass is 16.5. The number of pyridine rings is 1. The van der Waals surface area contributed by atoms with E-state index in [9.17, 15) is 0 Å². The Hall–Kier alpha value is -2.31. The second kappa shape index (κ2) is 6.78. The topological polar surface area (TPSA) is 80.6 Å². The van der Waals surface area contributed by atoms with Crippen LogP contribution in [0.15, 0.2) is 53.8 Å². The quantitative estimate of drug-likeness (QED) is 0.869. The number of hydrogen-bond acceptors (Lipinski definition) is 6. The number of ether oxygens (including phenoxy) is 1. The van der Waals surface area contributed by atoms with Crippen molar-refractivity contribution in [3.63, 3.8) is 0 Å². The summed E-state index contributed by atoms with van der Waals surface area (Å²) in [5.74, 6) is 1.40. The summed E-state index contributed by atoms with van der Waals surface area (Å²) >= 11 is 0. The Bertz CT molecular complexity index is 774. The minimum atomic E-state index is -0.410. The van der Waals surface area contributed by atoms with Crippen LogP contribution < -0.4 is 21.3 Å². The van der Waals surface area contributed by atoms with Gasteiger partial charge in [0.2, 0.25) is 0 Å². The molecule has 1 aromatic rings. The van der Waals surface area contributed by atoms with Crippen LogP contribution in [-0.2, 0) is 4.74 Å². The van der Waals surface area contributed by atoms with Crippen molar-refractivity contribution in [3.05, 3.63) is 53.8 Å². The third-order valence-corrected chi connectivity index (χ3v) is 5.19. The smallest absolute Gasteiger partial charge is 0.169 e. The van der Waals surface area contributed by atoms with E-state index in [1.807, 2.05) is 18.5 Å². The van der Waals surface area contributed by atoms with Gasteiger partial charge in [-0.25, -0.2) is 0 Å². The van der Waals surface area contributed by atoms with Crippen molar-refractivity contribution >= 4 is 11.4 Å². The normalized spacial score (nSPS) is 28.2. The molecule has 0 aromatic carbocycles. The largest absolute Gasteiger partial charge is 0.470 e. The molecule has 1 saturated heterocycles. The lowest BCUT2D eigenvalue weighted by molar-refractivity contribution is 0.185. The Balaban J connectivity index is 1.75. The second-order valence-electron chi connectivity index (χ2n) is 7.44. The SMILES string of the molecule is CCC1=CN(c2cnccc2N2CC(C)CC(N)C2)C2=CC(N)OC2=C1. The minimum Gasteiger partial charge on any atom is -0.470 e. The van der Waals surface area contributed by atoms with Gasteiger partial charge in [0.1, 0.15) is 5.76 Å². The average Bonchev–Trinajstić information content (AvgIpc) is 3.00. The molecule has 0 saturated carbocycles. The van der Waals surface area contributed by atoms with Crippen LogP contribution >= 0.6 is 0 Å². The number of rotatable bonds is 3. The van der Waals surface area contributed by atoms with Crippen LogP contribution in [-0.4, -0.2) is 30.3 Å². The van der Waals surface area contributed by atoms with E-state index in [0.717, 1.165) is 48.8 Å². The predicted molar refractivity (Wildman–Crippen MR) is 104 cm³/mol. The zero-order chi connectivity index (χ0) is 18.3. The predicted octanol–water partition coefficient (Wildman–Crippen LogP) is 2.45. The lowest BCUT2D eigenvalue weighted by Crippen LogP contribution is -2.46. The lowest BCUT2D eigenvalue weighted by atomic mass is 9.96. The van der Waals surface area contributed by atoms with E-state index in [0.29, 0.717) is 5.92 Å². The number of nitrogens with two attached hydrogens (primary N) is 2. The van der Waals surface area contributed by atoms with Gasteiger partial charge in [0.05, 0.1) is 23.3 Å². The summed E-state index contributed by atoms with van der Waals surface area (Å²) in [7, 11) is 0. The van der Waals surface area contributed by atoms with E-state index in [-0.39, 0.29) is 6.04 Å². The van der Waals surface area contributed by atoms with Gasteiger partial charge in [-0.2, -0.15) is 0 Å². The van der Waals surface area contributed by atoms with Crippen molar-refractivity contribution in [2.45, 2.75) is 39.0 Å². The first kappa shape index (κ1) is 17.1. The van der Waals surface area contributed by atoms with Crippen LogP contribution in [0.1, 0.15) is 26.7 Å². The Morgan fingerprint density at radius 3 is 2.88 bits per heavy atom. The molecule has 3 aliphatic heterocycles. The molecule has 0 amide bonds. The summed E-state index contributed by atoms with van der Waals surface area (Å²) in [5.41, 5.74) is 16.7. The van der Waals surface area contributed by atoms with Crippen LogP contribution in [0.3, 0.4) is 0 Å². The number of piperidine rings is 1. The Labute approximate surface area is 154 Å². The van der Waals surface area contributed by atoms with E-state index in [1.54, 1.807) is 0 Å². The summed E-state index contributed by atoms with van der Waals surface area (Å²) in [6, 6.07) is 2.27. The highest BCUT2D eigenvalue weighted by Gasteiger charge is 2.31. The van der Waals surface area contributed by atoms with Crippen molar-refractivity contribution in [1.29, 1.82) is 0 Å². The summed E-state index contributed by atoms with van der Waals surface area (Å²) < 4.78 is 5.78. The standard InChI is InChI=1S/C20H27N5O/c1-3-14-7-19-17(8-20(22)26-19)25(11-14)18-9-23-5-4-16(18)24-10-13(2)6-15(21)12-24/h4-5,7-9,11,13,15,20H,3,6,10,12,21-22H2,1-2H3. The first-order valence-corrected chi connectivity index (χ1v) is 9.35. The molecule has 0 aliphatic carbocycles. The number of anilines is 2. The molecule has 0 radical (unpaired) electrons. The molecule has 4 N–H and O–H groups in total. The molecular weight excluding hydrogens is 326 g/mol. The molecule has 6 heteroatoms. The monoisotopic (exact) mass is 353 g/mol. The fourth-order valence-electron chi connectivity index (χ4n) is 4.05. The maximum absolute atomic E-state index is 6.29. The van der Waals surface area contributed by atoms with Crippen LogP contribution in [0.4, 0.5) is 11.4 Å². The first-order chi connectivity index (χ1) is 12.5. The molecule has 6 nitrogen and oxygen atoms in total. The summed E-state index contributed by atoms with van der Waals surface area (Å²) in [6.07, 6.45) is 11.5. The van der Waals surface area contributed by atoms with E-state index in [4.69, 9.17) is 16.2 Å². The van der Waals surface area contributed by atoms with E-state index >= 15 is 0 Å². The molecule has 4 rings (SSSR count). The molecule has 3 unspecified atom stereocenters. The van der Waals surface area contributed by atoms with Crippen molar-refractivity contribution < 1.29 is 4.74 Å². The number of fused-ring (bicyclic) bond motifs is 1. The highest BCUT2D eigenvalue weighted by molar-refractivity contribution is 5.76. The number of aromatic nitrogens is 1. The molecule has 4 heterocycles. The van der Waals surface area contributed by atoms with Crippen molar-refractivity contribution in [2.75, 3.05) is 22.9 Å². The van der Waals surface area contributed by atoms with E-state index in [2.05, 4.69) is 47.0 Å². The number of hydrogen-bond donors (Lipinski definition) is 2. The molecule has 3 aliphatic rings. The number of allylic oxidation sites excluding steroid dienone is 2. The summed E-state index contributed by atoms with van der Waals surface area (Å²) in [5, 5.41) is 0. The third-order valence-electron chi connectivity index (χ3n) is 5.19. The zero-order valence-corrected chi connectivity index (χ0v) is 15.4. The summed E-state index contributed by atoms with van der Waals surface area (Å²) in [4.78, 5) is 8.93. The molecule has 0 spiro atoms. The van der Waals surface area contributed by atoms with Crippen LogP contribution in [0.5, 0.6) is 0 Å². The molecule has 3 atom stereocenters. The van der Waals surface area contributed by atoms with Crippen molar-refractivity contribution in [3.8, 4) is 0 Å². The number of nitrogens with zero attached hydrogens (tertiary/aromatic N) is 3. The molecule has 1 fully saturated rings. The third kappa shape index (κ3) is 3.10. The van der Waals surface area contributed by atoms with Gasteiger partial charge in [-0.1, -0.05) is 13.8 Å². The fourth-order valence-corrected chi connectivity index (χ4v) is 4.05. The van der Waals surface area contributed by atoms with Crippen LogP contribution in [0.25, 0.3) is 0 Å². The highest BCUT2D eigenvalue weighted by Crippen LogP contribution is 2.40. The van der Waals surface area contributed by atoms with Gasteiger partial charge in [0.25, 0.3) is 0 Å². The molecule has 138 valence electrons. The molecule has 26 heavy (non-hydrogen) atoms. The Kier molecular flexibility index (Phi) is 4.46. The van der Waals surface area contributed by atoms with Gasteiger partial charge in [-0.05, 0) is 42.6 Å². The van der Waals surface area contributed by atoms with Gasteiger partial charge in [0.15, 0.2) is 6.23 Å². The van der Waals surface area contributed by atoms with Crippen molar-refractivity contribution in [2.24, 2.45) is 17.4 Å². The van der Waals surface area contributed by atoms with Crippen LogP contribution in [0, 0.1) is 5.92 Å². The van der Waals surface area contributed by atoms with Crippen LogP contribution in [0.2, 0.25) is 0 Å². The van der Waals surface area contributed by atoms with Gasteiger partial charge >= 0.3 is 0 Å². The first-order valence-electron chi connectivity index (χ1n) is 9.35. The fraction of sp³-hybridized carbons (Fsp3) is 0.450. The minimum absolute atomic E-state index is 0.195. The lowest BCUT2D eigenvalue weighted by Gasteiger charge is -2.39. The Morgan fingerprint density at radius 1 is 1.27 bits per heavy atom.